The van der Waals surface area contributed by atoms with Gasteiger partial charge in [0.2, 0.25) is 0 Å². The second-order valence-corrected chi connectivity index (χ2v) is 4.59. The van der Waals surface area contributed by atoms with Crippen LogP contribution in [-0.4, -0.2) is 29.7 Å². The third-order valence-corrected chi connectivity index (χ3v) is 3.07. The van der Waals surface area contributed by atoms with Gasteiger partial charge < -0.3 is 5.11 Å². The average Bonchev–Trinajstić information content (AvgIpc) is 2.30. The minimum Gasteiger partial charge on any atom is -0.393 e. The van der Waals surface area contributed by atoms with Crippen LogP contribution in [0.2, 0.25) is 0 Å². The highest BCUT2D eigenvalue weighted by Gasteiger charge is 2.15. The smallest absolute Gasteiger partial charge is 0.123 e. The van der Waals surface area contributed by atoms with E-state index in [1.807, 2.05) is 19.2 Å². The number of hydrogen-bond acceptors (Lipinski definition) is 2. The first-order valence-corrected chi connectivity index (χ1v) is 6.18. The van der Waals surface area contributed by atoms with Crippen molar-refractivity contribution in [2.24, 2.45) is 0 Å². The van der Waals surface area contributed by atoms with Crippen LogP contribution >= 0.6 is 0 Å². The number of nitrogens with zero attached hydrogens (tertiary/aromatic N) is 1. The Hall–Kier alpha value is -0.930. The molecule has 1 aromatic carbocycles. The topological polar surface area (TPSA) is 23.5 Å². The van der Waals surface area contributed by atoms with Crippen LogP contribution in [0, 0.1) is 5.82 Å². The van der Waals surface area contributed by atoms with Crippen molar-refractivity contribution in [3.8, 4) is 0 Å². The molecule has 1 rings (SSSR count). The Balaban J connectivity index is 2.66. The Morgan fingerprint density at radius 3 is 2.35 bits per heavy atom. The predicted octanol–water partition coefficient (Wildman–Crippen LogP) is 2.98. The molecule has 0 amide bonds. The summed E-state index contributed by atoms with van der Waals surface area (Å²) in [6.45, 7) is 4.76. The fraction of sp³-hybridized carbons (Fsp3) is 0.571. The van der Waals surface area contributed by atoms with E-state index in [0.29, 0.717) is 0 Å². The molecular formula is C14H22FNO. The fourth-order valence-electron chi connectivity index (χ4n) is 2.03. The lowest BCUT2D eigenvalue weighted by Crippen LogP contribution is -2.27. The minimum absolute atomic E-state index is 0.199. The third kappa shape index (κ3) is 4.44. The summed E-state index contributed by atoms with van der Waals surface area (Å²) in [6.07, 6.45) is 1.46. The zero-order chi connectivity index (χ0) is 12.8. The first-order valence-electron chi connectivity index (χ1n) is 6.18. The Morgan fingerprint density at radius 1 is 1.29 bits per heavy atom. The highest BCUT2D eigenvalue weighted by atomic mass is 19.1. The van der Waals surface area contributed by atoms with Crippen molar-refractivity contribution in [2.45, 2.75) is 38.8 Å². The quantitative estimate of drug-likeness (QED) is 0.825. The van der Waals surface area contributed by atoms with Crippen LogP contribution < -0.4 is 0 Å². The summed E-state index contributed by atoms with van der Waals surface area (Å²) in [4.78, 5) is 2.21. The van der Waals surface area contributed by atoms with E-state index in [1.165, 1.54) is 12.1 Å². The second-order valence-electron chi connectivity index (χ2n) is 4.59. The molecule has 17 heavy (non-hydrogen) atoms. The van der Waals surface area contributed by atoms with E-state index in [-0.39, 0.29) is 18.0 Å². The second kappa shape index (κ2) is 6.72. The van der Waals surface area contributed by atoms with Gasteiger partial charge >= 0.3 is 0 Å². The van der Waals surface area contributed by atoms with E-state index in [0.717, 1.165) is 24.9 Å². The van der Waals surface area contributed by atoms with Gasteiger partial charge in [-0.2, -0.15) is 0 Å². The van der Waals surface area contributed by atoms with Crippen molar-refractivity contribution in [2.75, 3.05) is 13.6 Å². The summed E-state index contributed by atoms with van der Waals surface area (Å²) < 4.78 is 12.9. The van der Waals surface area contributed by atoms with E-state index >= 15 is 0 Å². The summed E-state index contributed by atoms with van der Waals surface area (Å²) >= 11 is 0. The van der Waals surface area contributed by atoms with E-state index in [4.69, 9.17) is 0 Å². The Bertz CT molecular complexity index is 323. The molecule has 0 aliphatic rings. The van der Waals surface area contributed by atoms with Crippen molar-refractivity contribution in [3.05, 3.63) is 35.6 Å². The van der Waals surface area contributed by atoms with Gasteiger partial charge in [-0.1, -0.05) is 19.1 Å². The van der Waals surface area contributed by atoms with Crippen LogP contribution in [0.3, 0.4) is 0 Å². The van der Waals surface area contributed by atoms with Crippen LogP contribution in [0.15, 0.2) is 24.3 Å². The van der Waals surface area contributed by atoms with Crippen molar-refractivity contribution in [1.29, 1.82) is 0 Å². The standard InChI is InChI=1S/C14H22FNO/c1-4-14(16(3)10-9-11(2)17)12-5-7-13(15)8-6-12/h5-8,11,14,17H,4,9-10H2,1-3H3. The molecule has 0 fully saturated rings. The van der Waals surface area contributed by atoms with Gasteiger partial charge in [0.15, 0.2) is 0 Å². The number of benzene rings is 1. The molecule has 0 radical (unpaired) electrons. The van der Waals surface area contributed by atoms with Gasteiger partial charge in [0.1, 0.15) is 5.82 Å². The molecule has 1 N–H and O–H groups in total. The van der Waals surface area contributed by atoms with Crippen LogP contribution in [0.25, 0.3) is 0 Å². The lowest BCUT2D eigenvalue weighted by atomic mass is 10.0. The highest BCUT2D eigenvalue weighted by molar-refractivity contribution is 5.19. The van der Waals surface area contributed by atoms with Crippen LogP contribution in [0.1, 0.15) is 38.3 Å². The number of aliphatic hydroxyl groups excluding tert-OH is 1. The molecule has 0 saturated heterocycles. The highest BCUT2D eigenvalue weighted by Crippen LogP contribution is 2.23. The summed E-state index contributed by atoms with van der Waals surface area (Å²) in [6, 6.07) is 6.96. The molecular weight excluding hydrogens is 217 g/mol. The van der Waals surface area contributed by atoms with Gasteiger partial charge in [-0.05, 0) is 44.5 Å². The SMILES string of the molecule is CCC(c1ccc(F)cc1)N(C)CCC(C)O. The fourth-order valence-corrected chi connectivity index (χ4v) is 2.03. The maximum absolute atomic E-state index is 12.9. The summed E-state index contributed by atoms with van der Waals surface area (Å²) in [7, 11) is 2.04. The number of hydrogen-bond donors (Lipinski definition) is 1. The average molecular weight is 239 g/mol. The first-order chi connectivity index (χ1) is 8.04. The molecule has 2 atom stereocenters. The van der Waals surface area contributed by atoms with Crippen LogP contribution in [0.5, 0.6) is 0 Å². The molecule has 0 aliphatic heterocycles. The molecule has 0 heterocycles. The maximum atomic E-state index is 12.9. The van der Waals surface area contributed by atoms with Crippen LogP contribution in [0.4, 0.5) is 4.39 Å². The number of aliphatic hydroxyl groups is 1. The molecule has 0 aromatic heterocycles. The van der Waals surface area contributed by atoms with Gasteiger partial charge in [-0.3, -0.25) is 4.90 Å². The lowest BCUT2D eigenvalue weighted by molar-refractivity contribution is 0.148. The molecule has 2 unspecified atom stereocenters. The van der Waals surface area contributed by atoms with E-state index < -0.39 is 0 Å². The zero-order valence-electron chi connectivity index (χ0n) is 10.9. The number of halogens is 1. The van der Waals surface area contributed by atoms with Crippen LogP contribution in [-0.2, 0) is 0 Å². The van der Waals surface area contributed by atoms with Crippen molar-refractivity contribution in [1.82, 2.24) is 4.90 Å². The summed E-state index contributed by atoms with van der Waals surface area (Å²) in [5.41, 5.74) is 1.13. The summed E-state index contributed by atoms with van der Waals surface area (Å²) in [5.74, 6) is -0.199. The molecule has 0 spiro atoms. The molecule has 0 saturated carbocycles. The van der Waals surface area contributed by atoms with Gasteiger partial charge in [0, 0.05) is 12.6 Å². The van der Waals surface area contributed by atoms with E-state index in [1.54, 1.807) is 6.92 Å². The zero-order valence-corrected chi connectivity index (χ0v) is 10.9. The van der Waals surface area contributed by atoms with Gasteiger partial charge in [0.05, 0.1) is 6.10 Å². The normalized spacial score (nSPS) is 14.9. The summed E-state index contributed by atoms with van der Waals surface area (Å²) in [5, 5.41) is 9.29. The van der Waals surface area contributed by atoms with Gasteiger partial charge in [-0.15, -0.1) is 0 Å². The Morgan fingerprint density at radius 2 is 1.88 bits per heavy atom. The molecule has 0 bridgehead atoms. The largest absolute Gasteiger partial charge is 0.393 e. The molecule has 0 aliphatic carbocycles. The third-order valence-electron chi connectivity index (χ3n) is 3.07. The van der Waals surface area contributed by atoms with Gasteiger partial charge in [-0.25, -0.2) is 4.39 Å². The number of rotatable bonds is 6. The Kier molecular flexibility index (Phi) is 5.59. The molecule has 3 heteroatoms. The first kappa shape index (κ1) is 14.1. The van der Waals surface area contributed by atoms with Crippen molar-refractivity contribution < 1.29 is 9.50 Å². The predicted molar refractivity (Wildman–Crippen MR) is 68.4 cm³/mol. The van der Waals surface area contributed by atoms with Gasteiger partial charge in [0.25, 0.3) is 0 Å². The maximum Gasteiger partial charge on any atom is 0.123 e. The molecule has 1 aromatic rings. The van der Waals surface area contributed by atoms with E-state index in [2.05, 4.69) is 11.8 Å². The van der Waals surface area contributed by atoms with E-state index in [9.17, 15) is 9.50 Å². The Labute approximate surface area is 103 Å². The van der Waals surface area contributed by atoms with Crippen molar-refractivity contribution >= 4 is 0 Å². The monoisotopic (exact) mass is 239 g/mol. The van der Waals surface area contributed by atoms with Crippen molar-refractivity contribution in [3.63, 3.8) is 0 Å². The minimum atomic E-state index is -0.275. The lowest BCUT2D eigenvalue weighted by Gasteiger charge is -2.28. The molecule has 2 nitrogen and oxygen atoms in total. The molecule has 96 valence electrons.